The average molecular weight is 305 g/mol. The SMILES string of the molecule is Cc1cc(C(=O)NCC(O)CN(C)C)c2c(C)nn(C)c2n1. The molecule has 7 nitrogen and oxygen atoms in total. The van der Waals surface area contributed by atoms with Crippen LogP contribution in [0.2, 0.25) is 0 Å². The van der Waals surface area contributed by atoms with Crippen LogP contribution in [0, 0.1) is 13.8 Å². The average Bonchev–Trinajstić information content (AvgIpc) is 2.69. The fraction of sp³-hybridized carbons (Fsp3) is 0.533. The number of hydrogen-bond donors (Lipinski definition) is 2. The third kappa shape index (κ3) is 3.42. The van der Waals surface area contributed by atoms with Gasteiger partial charge in [0.05, 0.1) is 22.7 Å². The van der Waals surface area contributed by atoms with Crippen LogP contribution in [0.5, 0.6) is 0 Å². The molecular formula is C15H23N5O2. The standard InChI is InChI=1S/C15H23N5O2/c1-9-6-12(13-10(2)18-20(5)14(13)17-9)15(22)16-7-11(21)8-19(3)4/h6,11,21H,7-8H2,1-5H3,(H,16,22). The van der Waals surface area contributed by atoms with Gasteiger partial charge in [-0.25, -0.2) is 4.98 Å². The maximum atomic E-state index is 12.5. The number of hydrogen-bond acceptors (Lipinski definition) is 5. The van der Waals surface area contributed by atoms with Gasteiger partial charge in [0.25, 0.3) is 5.91 Å². The van der Waals surface area contributed by atoms with Crippen LogP contribution in [0.4, 0.5) is 0 Å². The van der Waals surface area contributed by atoms with Crippen LogP contribution < -0.4 is 5.32 Å². The summed E-state index contributed by atoms with van der Waals surface area (Å²) in [6.45, 7) is 4.41. The molecule has 0 spiro atoms. The molecule has 2 aromatic rings. The Morgan fingerprint density at radius 3 is 2.77 bits per heavy atom. The summed E-state index contributed by atoms with van der Waals surface area (Å²) in [7, 11) is 5.56. The summed E-state index contributed by atoms with van der Waals surface area (Å²) in [5, 5.41) is 17.7. The van der Waals surface area contributed by atoms with Crippen molar-refractivity contribution >= 4 is 16.9 Å². The van der Waals surface area contributed by atoms with Crippen molar-refractivity contribution in [3.63, 3.8) is 0 Å². The molecule has 0 saturated heterocycles. The molecule has 0 aliphatic heterocycles. The fourth-order valence-electron chi connectivity index (χ4n) is 2.54. The van der Waals surface area contributed by atoms with Gasteiger partial charge in [0.15, 0.2) is 5.65 Å². The lowest BCUT2D eigenvalue weighted by Crippen LogP contribution is -2.37. The number of aromatic nitrogens is 3. The van der Waals surface area contributed by atoms with E-state index in [0.717, 1.165) is 16.8 Å². The Bertz CT molecular complexity index is 693. The number of nitrogens with one attached hydrogen (secondary N) is 1. The van der Waals surface area contributed by atoms with Crippen LogP contribution in [0.15, 0.2) is 6.07 Å². The van der Waals surface area contributed by atoms with Crippen molar-refractivity contribution in [2.45, 2.75) is 20.0 Å². The van der Waals surface area contributed by atoms with Crippen LogP contribution in [0.1, 0.15) is 21.7 Å². The topological polar surface area (TPSA) is 83.3 Å². The Hall–Kier alpha value is -1.99. The van der Waals surface area contributed by atoms with Crippen molar-refractivity contribution in [1.82, 2.24) is 25.0 Å². The summed E-state index contributed by atoms with van der Waals surface area (Å²) < 4.78 is 1.68. The Balaban J connectivity index is 2.25. The van der Waals surface area contributed by atoms with E-state index in [9.17, 15) is 9.90 Å². The van der Waals surface area contributed by atoms with Gasteiger partial charge in [-0.2, -0.15) is 5.10 Å². The van der Waals surface area contributed by atoms with Crippen LogP contribution in [-0.2, 0) is 7.05 Å². The van der Waals surface area contributed by atoms with Gasteiger partial charge in [-0.05, 0) is 34.0 Å². The second-order valence-corrected chi connectivity index (χ2v) is 5.84. The van der Waals surface area contributed by atoms with Gasteiger partial charge < -0.3 is 15.3 Å². The highest BCUT2D eigenvalue weighted by atomic mass is 16.3. The molecule has 0 aromatic carbocycles. The Kier molecular flexibility index (Phi) is 4.77. The molecule has 2 rings (SSSR count). The van der Waals surface area contributed by atoms with Crippen molar-refractivity contribution in [3.8, 4) is 0 Å². The van der Waals surface area contributed by atoms with Crippen LogP contribution >= 0.6 is 0 Å². The molecule has 7 heteroatoms. The third-order valence-corrected chi connectivity index (χ3v) is 3.42. The lowest BCUT2D eigenvalue weighted by Gasteiger charge is -2.16. The number of aryl methyl sites for hydroxylation is 3. The highest BCUT2D eigenvalue weighted by Crippen LogP contribution is 2.21. The van der Waals surface area contributed by atoms with Crippen molar-refractivity contribution < 1.29 is 9.90 Å². The summed E-state index contributed by atoms with van der Waals surface area (Å²) in [4.78, 5) is 18.8. The lowest BCUT2D eigenvalue weighted by molar-refractivity contribution is 0.0893. The van der Waals surface area contributed by atoms with Gasteiger partial charge in [-0.3, -0.25) is 9.48 Å². The zero-order valence-corrected chi connectivity index (χ0v) is 13.7. The molecule has 2 aromatic heterocycles. The molecule has 120 valence electrons. The van der Waals surface area contributed by atoms with Crippen LogP contribution in [-0.4, -0.2) is 64.0 Å². The number of fused-ring (bicyclic) bond motifs is 1. The molecule has 2 heterocycles. The van der Waals surface area contributed by atoms with E-state index in [1.807, 2.05) is 39.9 Å². The zero-order chi connectivity index (χ0) is 16.4. The second-order valence-electron chi connectivity index (χ2n) is 5.84. The first kappa shape index (κ1) is 16.4. The monoisotopic (exact) mass is 305 g/mol. The molecular weight excluding hydrogens is 282 g/mol. The summed E-state index contributed by atoms with van der Waals surface area (Å²) in [6.07, 6.45) is -0.604. The van der Waals surface area contributed by atoms with Gasteiger partial charge in [0.1, 0.15) is 0 Å². The molecule has 1 amide bonds. The van der Waals surface area contributed by atoms with Crippen LogP contribution in [0.25, 0.3) is 11.0 Å². The highest BCUT2D eigenvalue weighted by molar-refractivity contribution is 6.06. The molecule has 0 fully saturated rings. The number of likely N-dealkylation sites (N-methyl/N-ethyl adjacent to an activating group) is 1. The van der Waals surface area contributed by atoms with E-state index >= 15 is 0 Å². The minimum atomic E-state index is -0.604. The first-order valence-electron chi connectivity index (χ1n) is 7.21. The van der Waals surface area contributed by atoms with Crippen molar-refractivity contribution in [3.05, 3.63) is 23.0 Å². The molecule has 1 atom stereocenters. The number of aliphatic hydroxyl groups is 1. The number of aliphatic hydroxyl groups excluding tert-OH is 1. The van der Waals surface area contributed by atoms with E-state index < -0.39 is 6.10 Å². The molecule has 1 unspecified atom stereocenters. The van der Waals surface area contributed by atoms with Gasteiger partial charge in [-0.1, -0.05) is 0 Å². The number of carbonyl (C=O) groups excluding carboxylic acids is 1. The Morgan fingerprint density at radius 2 is 2.14 bits per heavy atom. The van der Waals surface area contributed by atoms with Crippen molar-refractivity contribution in [2.24, 2.45) is 7.05 Å². The molecule has 0 aliphatic rings. The summed E-state index contributed by atoms with van der Waals surface area (Å²) >= 11 is 0. The van der Waals surface area contributed by atoms with E-state index in [1.54, 1.807) is 10.7 Å². The predicted octanol–water partition coefficient (Wildman–Crippen LogP) is 0.237. The van der Waals surface area contributed by atoms with Gasteiger partial charge in [0.2, 0.25) is 0 Å². The van der Waals surface area contributed by atoms with E-state index in [-0.39, 0.29) is 12.5 Å². The number of rotatable bonds is 5. The van der Waals surface area contributed by atoms with Gasteiger partial charge in [0, 0.05) is 25.8 Å². The highest BCUT2D eigenvalue weighted by Gasteiger charge is 2.18. The minimum absolute atomic E-state index is 0.208. The first-order valence-corrected chi connectivity index (χ1v) is 7.21. The Labute approximate surface area is 129 Å². The normalized spacial score (nSPS) is 12.9. The molecule has 0 saturated carbocycles. The minimum Gasteiger partial charge on any atom is -0.390 e. The predicted molar refractivity (Wildman–Crippen MR) is 84.9 cm³/mol. The molecule has 0 bridgehead atoms. The van der Waals surface area contributed by atoms with Gasteiger partial charge in [-0.15, -0.1) is 0 Å². The van der Waals surface area contributed by atoms with Crippen LogP contribution in [0.3, 0.4) is 0 Å². The largest absolute Gasteiger partial charge is 0.390 e. The van der Waals surface area contributed by atoms with Crippen molar-refractivity contribution in [1.29, 1.82) is 0 Å². The first-order chi connectivity index (χ1) is 10.3. The number of amides is 1. The van der Waals surface area contributed by atoms with E-state index in [1.165, 1.54) is 0 Å². The molecule has 22 heavy (non-hydrogen) atoms. The Morgan fingerprint density at radius 1 is 1.45 bits per heavy atom. The lowest BCUT2D eigenvalue weighted by atomic mass is 10.1. The maximum absolute atomic E-state index is 12.5. The van der Waals surface area contributed by atoms with E-state index in [4.69, 9.17) is 0 Å². The number of nitrogens with zero attached hydrogens (tertiary/aromatic N) is 4. The zero-order valence-electron chi connectivity index (χ0n) is 13.7. The second kappa shape index (κ2) is 6.41. The molecule has 0 radical (unpaired) electrons. The summed E-state index contributed by atoms with van der Waals surface area (Å²) in [6, 6.07) is 1.75. The summed E-state index contributed by atoms with van der Waals surface area (Å²) in [5.41, 5.74) is 2.76. The van der Waals surface area contributed by atoms with Gasteiger partial charge >= 0.3 is 0 Å². The van der Waals surface area contributed by atoms with E-state index in [2.05, 4.69) is 15.4 Å². The fourth-order valence-corrected chi connectivity index (χ4v) is 2.54. The molecule has 2 N–H and O–H groups in total. The molecule has 0 aliphatic carbocycles. The number of carbonyl (C=O) groups is 1. The quantitative estimate of drug-likeness (QED) is 0.826. The third-order valence-electron chi connectivity index (χ3n) is 3.42. The number of pyridine rings is 1. The summed E-state index contributed by atoms with van der Waals surface area (Å²) in [5.74, 6) is -0.218. The van der Waals surface area contributed by atoms with Crippen molar-refractivity contribution in [2.75, 3.05) is 27.2 Å². The smallest absolute Gasteiger partial charge is 0.252 e. The maximum Gasteiger partial charge on any atom is 0.252 e. The van der Waals surface area contributed by atoms with E-state index in [0.29, 0.717) is 17.8 Å².